The minimum absolute atomic E-state index is 0.0403. The van der Waals surface area contributed by atoms with Crippen LogP contribution in [-0.2, 0) is 19.9 Å². The summed E-state index contributed by atoms with van der Waals surface area (Å²) in [5.41, 5.74) is 20.1. The number of nitrogen functional groups attached to an aromatic ring is 1. The zero-order chi connectivity index (χ0) is 85.0. The lowest BCUT2D eigenvalue weighted by atomic mass is 9.97. The molecule has 4 N–H and O–H groups in total. The normalized spacial score (nSPS) is 11.4. The van der Waals surface area contributed by atoms with Gasteiger partial charge in [-0.3, -0.25) is 20.1 Å². The first-order chi connectivity index (χ1) is 58.2. The molecule has 9 aromatic heterocycles. The lowest BCUT2D eigenvalue weighted by Gasteiger charge is -2.11. The molecule has 0 spiro atoms. The summed E-state index contributed by atoms with van der Waals surface area (Å²) >= 11 is 3.46. The Labute approximate surface area is 708 Å². The van der Waals surface area contributed by atoms with Crippen molar-refractivity contribution < 1.29 is 46.6 Å². The first kappa shape index (κ1) is 87.5. The number of nitrogens with zero attached hydrogens (tertiary/aromatic N) is 14. The standard InChI is InChI=1S/C20H23N3O.C19H19BrN2O3.C19H22N4O.C18H20N4O2.C17H18N4O2/c1-13(2)9-16-5-7-17(8-6-16)15(4)20-22-19(23-24-20)18-10-14(3)11-21-12-18;1-4-23-16-9-6-13(11-17(16)24-5-2)19-21-18(22-25-19)15-8-7-14(20)10-12(15)3;1-12(2)10-14-4-6-15(7-5-14)13(3)19-22-18(23-24-19)16-8-9-21-17(20)11-16;1-4-23-15-7-6-14(12-16(15)24-5-2)18-21-20-17(22(18)3)13-8-10-19-11-9-13;1-3-22-14-6-5-13(11-15(14)23-4-2)17-19-16(20-21-17)12-7-9-18-10-8-12/h5-8,10-13,15H,9H2,1-4H3;6-11H,4-5H2,1-3H3;4-9,11-13H,10H2,1-3H3,(H2,20,21);6-12H,4-5H2,1-3H3;5-11H,3-4H2,1-2H3,(H,19,20,21)/p+1. The molecule has 120 heavy (non-hydrogen) atoms. The van der Waals surface area contributed by atoms with Crippen molar-refractivity contribution in [3.8, 4) is 126 Å². The van der Waals surface area contributed by atoms with Gasteiger partial charge in [-0.15, -0.1) is 5.10 Å². The molecule has 15 rings (SSSR count). The van der Waals surface area contributed by atoms with E-state index in [1.165, 1.54) is 16.7 Å². The van der Waals surface area contributed by atoms with Gasteiger partial charge in [0.15, 0.2) is 46.1 Å². The predicted octanol–water partition coefficient (Wildman–Crippen LogP) is 20.2. The van der Waals surface area contributed by atoms with Crippen molar-refractivity contribution in [2.75, 3.05) is 45.4 Å². The molecule has 6 aromatic carbocycles. The lowest BCUT2D eigenvalue weighted by Crippen LogP contribution is -2.31. The number of rotatable bonds is 28. The molecule has 9 heterocycles. The number of pyridine rings is 4. The van der Waals surface area contributed by atoms with Crippen LogP contribution in [0, 0.1) is 25.7 Å². The Kier molecular flexibility index (Phi) is 31.5. The maximum Gasteiger partial charge on any atom is 0.309 e. The summed E-state index contributed by atoms with van der Waals surface area (Å²) < 4.78 is 53.2. The molecular weight excluding hydrogens is 1580 g/mol. The van der Waals surface area contributed by atoms with E-state index >= 15 is 0 Å². The van der Waals surface area contributed by atoms with Crippen LogP contribution in [0.2, 0.25) is 0 Å². The quantitative estimate of drug-likeness (QED) is 0.0384. The number of anilines is 1. The van der Waals surface area contributed by atoms with Gasteiger partial charge in [-0.05, 0) is 243 Å². The minimum atomic E-state index is 0.0403. The van der Waals surface area contributed by atoms with E-state index in [0.29, 0.717) is 121 Å². The molecule has 2 atom stereocenters. The third-order valence-corrected chi connectivity index (χ3v) is 19.1. The second-order valence-electron chi connectivity index (χ2n) is 28.7. The monoisotopic (exact) mass is 1680 g/mol. The van der Waals surface area contributed by atoms with Crippen LogP contribution in [0.5, 0.6) is 34.5 Å². The highest BCUT2D eigenvalue weighted by atomic mass is 79.9. The van der Waals surface area contributed by atoms with Crippen molar-refractivity contribution >= 4 is 21.7 Å². The van der Waals surface area contributed by atoms with Crippen molar-refractivity contribution in [1.82, 2.24) is 75.7 Å². The molecule has 26 nitrogen and oxygen atoms in total. The zero-order valence-electron chi connectivity index (χ0n) is 70.5. The fraction of sp³-hybridized carbons (Fsp3) is 0.290. The smallest absolute Gasteiger partial charge is 0.309 e. The van der Waals surface area contributed by atoms with Gasteiger partial charge in [-0.2, -0.15) is 20.1 Å². The van der Waals surface area contributed by atoms with E-state index in [0.717, 1.165) is 107 Å². The van der Waals surface area contributed by atoms with Gasteiger partial charge in [0.1, 0.15) is 5.82 Å². The molecular formula is C93H103BrN17O9+. The average Bonchev–Trinajstić information content (AvgIpc) is 1.56. The summed E-state index contributed by atoms with van der Waals surface area (Å²) in [6.45, 7) is 32.2. The van der Waals surface area contributed by atoms with Gasteiger partial charge in [0.25, 0.3) is 11.7 Å². The van der Waals surface area contributed by atoms with E-state index in [1.54, 1.807) is 43.2 Å². The minimum Gasteiger partial charge on any atom is -0.490 e. The summed E-state index contributed by atoms with van der Waals surface area (Å²) in [5, 5.41) is 27.1. The molecule has 0 saturated heterocycles. The van der Waals surface area contributed by atoms with E-state index in [2.05, 4.69) is 182 Å². The van der Waals surface area contributed by atoms with Gasteiger partial charge in [0.05, 0.1) is 69.7 Å². The van der Waals surface area contributed by atoms with Crippen molar-refractivity contribution in [3.63, 3.8) is 0 Å². The Morgan fingerprint density at radius 2 is 0.892 bits per heavy atom. The SMILES string of the molecule is CC(C)Cc1ccc(C(C)c2nc(-c3ccnc(N)c3)no2)cc1.CCOc1ccc(-c2n[nH]c(-c3ccncc3)[n+]2C)cc1OCC.CCOc1ccc(-c2n[nH]c(-c3ccncc3)n2)cc1OCC.CCOc1ccc(-c2nc(-c3ccc(Br)cc3C)no2)cc1OCC.Cc1cncc(-c2noc(C(C)c3ccc(CC(C)C)cc3)n2)c1. The number of hydrogen-bond acceptors (Lipinski definition) is 23. The Bertz CT molecular complexity index is 5560. The van der Waals surface area contributed by atoms with Crippen LogP contribution in [0.1, 0.15) is 140 Å². The van der Waals surface area contributed by atoms with Gasteiger partial charge in [0, 0.05) is 86.3 Å². The molecule has 0 bridgehead atoms. The number of aromatic amines is 2. The Hall–Kier alpha value is -13.3. The largest absolute Gasteiger partial charge is 0.490 e. The van der Waals surface area contributed by atoms with E-state index in [-0.39, 0.29) is 11.8 Å². The molecule has 0 saturated carbocycles. The van der Waals surface area contributed by atoms with Crippen molar-refractivity contribution in [2.24, 2.45) is 18.9 Å². The van der Waals surface area contributed by atoms with Crippen LogP contribution in [-0.4, -0.2) is 115 Å². The predicted molar refractivity (Wildman–Crippen MR) is 467 cm³/mol. The molecule has 0 fully saturated rings. The fourth-order valence-electron chi connectivity index (χ4n) is 12.7. The highest BCUT2D eigenvalue weighted by molar-refractivity contribution is 9.10. The van der Waals surface area contributed by atoms with Gasteiger partial charge in [-0.1, -0.05) is 108 Å². The molecule has 0 aliphatic heterocycles. The molecule has 620 valence electrons. The second-order valence-corrected chi connectivity index (χ2v) is 29.6. The Morgan fingerprint density at radius 3 is 1.41 bits per heavy atom. The Balaban J connectivity index is 0.000000147. The third-order valence-electron chi connectivity index (χ3n) is 18.6. The first-order valence-corrected chi connectivity index (χ1v) is 41.0. The molecule has 0 radical (unpaired) electrons. The summed E-state index contributed by atoms with van der Waals surface area (Å²) in [4.78, 5) is 34.3. The van der Waals surface area contributed by atoms with Crippen LogP contribution in [0.15, 0.2) is 225 Å². The van der Waals surface area contributed by atoms with Gasteiger partial charge >= 0.3 is 5.82 Å². The van der Waals surface area contributed by atoms with E-state index in [1.807, 2.05) is 182 Å². The summed E-state index contributed by atoms with van der Waals surface area (Å²) in [6.07, 6.45) is 14.4. The number of aryl methyl sites for hydroxylation is 2. The summed E-state index contributed by atoms with van der Waals surface area (Å²) in [5.74, 6) is 12.5. The van der Waals surface area contributed by atoms with Gasteiger partial charge < -0.3 is 47.7 Å². The van der Waals surface area contributed by atoms with E-state index in [4.69, 9.17) is 47.7 Å². The first-order valence-electron chi connectivity index (χ1n) is 40.2. The zero-order valence-corrected chi connectivity index (χ0v) is 72.1. The molecule has 0 amide bonds. The number of benzene rings is 6. The highest BCUT2D eigenvalue weighted by Crippen LogP contribution is 2.37. The average molecular weight is 1680 g/mol. The summed E-state index contributed by atoms with van der Waals surface area (Å²) in [6, 6.07) is 53.6. The number of aromatic nitrogens is 16. The number of nitrogens with one attached hydrogen (secondary N) is 2. The van der Waals surface area contributed by atoms with Gasteiger partial charge in [0.2, 0.25) is 29.3 Å². The topological polar surface area (TPSA) is 324 Å². The molecule has 2 unspecified atom stereocenters. The number of ether oxygens (including phenoxy) is 6. The molecule has 27 heteroatoms. The number of nitrogens with two attached hydrogens (primary N) is 1. The van der Waals surface area contributed by atoms with Crippen molar-refractivity contribution in [1.29, 1.82) is 0 Å². The van der Waals surface area contributed by atoms with Crippen molar-refractivity contribution in [2.45, 2.75) is 122 Å². The van der Waals surface area contributed by atoms with Gasteiger partial charge in [-0.25, -0.2) is 14.5 Å². The van der Waals surface area contributed by atoms with Crippen LogP contribution in [0.3, 0.4) is 0 Å². The van der Waals surface area contributed by atoms with Crippen molar-refractivity contribution in [3.05, 3.63) is 257 Å². The van der Waals surface area contributed by atoms with Crippen LogP contribution in [0.25, 0.3) is 91.2 Å². The maximum absolute atomic E-state index is 5.70. The van der Waals surface area contributed by atoms with Crippen LogP contribution < -0.4 is 38.7 Å². The highest BCUT2D eigenvalue weighted by Gasteiger charge is 2.24. The number of halogens is 1. The van der Waals surface area contributed by atoms with Crippen LogP contribution >= 0.6 is 15.9 Å². The number of H-pyrrole nitrogens is 2. The Morgan fingerprint density at radius 1 is 0.417 bits per heavy atom. The molecule has 0 aliphatic rings. The maximum atomic E-state index is 5.70. The lowest BCUT2D eigenvalue weighted by molar-refractivity contribution is -0.649. The molecule has 0 aliphatic carbocycles. The third kappa shape index (κ3) is 23.8. The van der Waals surface area contributed by atoms with E-state index < -0.39 is 0 Å². The van der Waals surface area contributed by atoms with E-state index in [9.17, 15) is 0 Å². The van der Waals surface area contributed by atoms with Crippen LogP contribution in [0.4, 0.5) is 5.82 Å². The number of hydrogen-bond donors (Lipinski definition) is 3. The second kappa shape index (κ2) is 43.2. The summed E-state index contributed by atoms with van der Waals surface area (Å²) in [7, 11) is 1.98. The molecule has 15 aromatic rings. The fourth-order valence-corrected chi connectivity index (χ4v) is 13.2.